The molecule has 1 aromatic heterocycles. The number of methoxy groups -OCH3 is 1. The molecule has 0 unspecified atom stereocenters. The molecule has 0 radical (unpaired) electrons. The Morgan fingerprint density at radius 2 is 2.06 bits per heavy atom. The van der Waals surface area contributed by atoms with E-state index in [-0.39, 0.29) is 5.91 Å². The van der Waals surface area contributed by atoms with Crippen molar-refractivity contribution in [3.63, 3.8) is 0 Å². The first-order valence-corrected chi connectivity index (χ1v) is 11.1. The zero-order valence-corrected chi connectivity index (χ0v) is 19.1. The highest BCUT2D eigenvalue weighted by Crippen LogP contribution is 2.33. The molecule has 2 heterocycles. The fraction of sp³-hybridized carbons (Fsp3) is 0.269. The van der Waals surface area contributed by atoms with Gasteiger partial charge in [-0.05, 0) is 50.2 Å². The zero-order chi connectivity index (χ0) is 23.8. The molecule has 8 nitrogen and oxygen atoms in total. The number of nitrogens with zero attached hydrogens (tertiary/aromatic N) is 2. The molecule has 0 aliphatic carbocycles. The number of nitrogens with one attached hydrogen (secondary N) is 3. The predicted molar refractivity (Wildman–Crippen MR) is 133 cm³/mol. The van der Waals surface area contributed by atoms with Crippen molar-refractivity contribution in [3.05, 3.63) is 59.9 Å². The summed E-state index contributed by atoms with van der Waals surface area (Å²) in [5.41, 5.74) is 3.90. The van der Waals surface area contributed by atoms with Crippen LogP contribution < -0.4 is 20.7 Å². The highest BCUT2D eigenvalue weighted by atomic mass is 16.5. The molecule has 0 bridgehead atoms. The Labute approximate surface area is 198 Å². The van der Waals surface area contributed by atoms with E-state index >= 15 is 0 Å². The van der Waals surface area contributed by atoms with Crippen LogP contribution in [0.4, 0.5) is 17.2 Å². The van der Waals surface area contributed by atoms with Crippen molar-refractivity contribution in [1.82, 2.24) is 15.3 Å². The summed E-state index contributed by atoms with van der Waals surface area (Å²) in [6.07, 6.45) is 10.4. The smallest absolute Gasteiger partial charge is 0.248 e. The molecule has 1 fully saturated rings. The molecule has 174 valence electrons. The SMILES string of the molecule is C#Cc1cccc(Nc2ncnc3cc(OCCOC)c(NC(=O)C=C4CCNCC4)cc23)c1. The first-order chi connectivity index (χ1) is 16.7. The number of carbonyl (C=O) groups is 1. The van der Waals surface area contributed by atoms with Crippen LogP contribution in [-0.2, 0) is 9.53 Å². The molecule has 3 aromatic rings. The number of piperidine rings is 1. The second-order valence-corrected chi connectivity index (χ2v) is 7.82. The van der Waals surface area contributed by atoms with Crippen LogP contribution in [0.2, 0.25) is 0 Å². The van der Waals surface area contributed by atoms with Crippen molar-refractivity contribution in [2.45, 2.75) is 12.8 Å². The second kappa shape index (κ2) is 11.3. The minimum Gasteiger partial charge on any atom is -0.489 e. The number of aromatic nitrogens is 2. The topological polar surface area (TPSA) is 97.4 Å². The maximum Gasteiger partial charge on any atom is 0.248 e. The van der Waals surface area contributed by atoms with Crippen molar-refractivity contribution in [2.75, 3.05) is 44.0 Å². The van der Waals surface area contributed by atoms with E-state index in [1.807, 2.05) is 30.3 Å². The Morgan fingerprint density at radius 3 is 2.85 bits per heavy atom. The number of rotatable bonds is 8. The lowest BCUT2D eigenvalue weighted by Crippen LogP contribution is -2.24. The Hall–Kier alpha value is -3.93. The first-order valence-electron chi connectivity index (χ1n) is 11.1. The van der Waals surface area contributed by atoms with E-state index < -0.39 is 0 Å². The van der Waals surface area contributed by atoms with E-state index in [1.54, 1.807) is 19.3 Å². The van der Waals surface area contributed by atoms with Gasteiger partial charge in [0.2, 0.25) is 5.91 Å². The summed E-state index contributed by atoms with van der Waals surface area (Å²) in [5.74, 6) is 3.54. The lowest BCUT2D eigenvalue weighted by Gasteiger charge is -2.16. The van der Waals surface area contributed by atoms with Gasteiger partial charge in [-0.1, -0.05) is 17.6 Å². The number of anilines is 3. The van der Waals surface area contributed by atoms with Crippen LogP contribution in [-0.4, -0.2) is 49.3 Å². The highest BCUT2D eigenvalue weighted by Gasteiger charge is 2.14. The molecule has 0 spiro atoms. The molecule has 1 amide bonds. The Morgan fingerprint density at radius 1 is 1.21 bits per heavy atom. The number of ether oxygens (including phenoxy) is 2. The Bertz CT molecular complexity index is 1240. The summed E-state index contributed by atoms with van der Waals surface area (Å²) >= 11 is 0. The molecule has 2 aromatic carbocycles. The average molecular weight is 458 g/mol. The van der Waals surface area contributed by atoms with Gasteiger partial charge < -0.3 is 25.4 Å². The van der Waals surface area contributed by atoms with E-state index in [2.05, 4.69) is 31.8 Å². The third-order valence-corrected chi connectivity index (χ3v) is 5.41. The van der Waals surface area contributed by atoms with Crippen molar-refractivity contribution in [2.24, 2.45) is 0 Å². The summed E-state index contributed by atoms with van der Waals surface area (Å²) in [4.78, 5) is 21.6. The average Bonchev–Trinajstić information content (AvgIpc) is 2.85. The zero-order valence-electron chi connectivity index (χ0n) is 19.1. The monoisotopic (exact) mass is 457 g/mol. The van der Waals surface area contributed by atoms with Gasteiger partial charge in [0, 0.05) is 35.9 Å². The molecular formula is C26H27N5O3. The molecule has 4 rings (SSSR count). The standard InChI is InChI=1S/C26H27N5O3/c1-3-18-5-4-6-20(13-18)30-26-21-15-23(31-25(32)14-19-7-9-27-10-8-19)24(34-12-11-33-2)16-22(21)28-17-29-26/h1,4-6,13-17,27H,7-12H2,2H3,(H,31,32)(H,28,29,30). The second-order valence-electron chi connectivity index (χ2n) is 7.82. The van der Waals surface area contributed by atoms with E-state index in [9.17, 15) is 4.79 Å². The van der Waals surface area contributed by atoms with Gasteiger partial charge in [0.25, 0.3) is 0 Å². The number of benzene rings is 2. The van der Waals surface area contributed by atoms with E-state index in [0.717, 1.165) is 48.1 Å². The molecule has 34 heavy (non-hydrogen) atoms. The minimum absolute atomic E-state index is 0.194. The number of fused-ring (bicyclic) bond motifs is 1. The predicted octanol–water partition coefficient (Wildman–Crippen LogP) is 3.63. The number of hydrogen-bond donors (Lipinski definition) is 3. The summed E-state index contributed by atoms with van der Waals surface area (Å²) < 4.78 is 11.0. The first kappa shape index (κ1) is 23.2. The quantitative estimate of drug-likeness (QED) is 0.270. The van der Waals surface area contributed by atoms with Gasteiger partial charge in [-0.3, -0.25) is 4.79 Å². The lowest BCUT2D eigenvalue weighted by molar-refractivity contribution is -0.112. The van der Waals surface area contributed by atoms with E-state index in [0.29, 0.717) is 36.0 Å². The van der Waals surface area contributed by atoms with E-state index in [1.165, 1.54) is 6.33 Å². The maximum atomic E-state index is 12.8. The largest absolute Gasteiger partial charge is 0.489 e. The third-order valence-electron chi connectivity index (χ3n) is 5.41. The number of carbonyl (C=O) groups excluding carboxylic acids is 1. The van der Waals surface area contributed by atoms with Crippen LogP contribution in [0.5, 0.6) is 5.75 Å². The summed E-state index contributed by atoms with van der Waals surface area (Å²) in [6.45, 7) is 2.53. The third kappa shape index (κ3) is 5.90. The molecule has 0 saturated carbocycles. The molecule has 1 aliphatic rings. The van der Waals surface area contributed by atoms with Crippen LogP contribution in [0.15, 0.2) is 54.4 Å². The number of hydrogen-bond acceptors (Lipinski definition) is 7. The van der Waals surface area contributed by atoms with Crippen molar-refractivity contribution < 1.29 is 14.3 Å². The van der Waals surface area contributed by atoms with E-state index in [4.69, 9.17) is 15.9 Å². The van der Waals surface area contributed by atoms with Crippen molar-refractivity contribution >= 4 is 34.0 Å². The highest BCUT2D eigenvalue weighted by molar-refractivity contribution is 6.04. The van der Waals surface area contributed by atoms with Crippen LogP contribution in [0, 0.1) is 12.3 Å². The lowest BCUT2D eigenvalue weighted by atomic mass is 10.1. The van der Waals surface area contributed by atoms with Gasteiger partial charge in [0.1, 0.15) is 24.5 Å². The molecule has 1 aliphatic heterocycles. The van der Waals surface area contributed by atoms with Gasteiger partial charge in [-0.15, -0.1) is 6.42 Å². The van der Waals surface area contributed by atoms with Crippen LogP contribution in [0.25, 0.3) is 10.9 Å². The summed E-state index contributed by atoms with van der Waals surface area (Å²) in [5, 5.41) is 10.3. The van der Waals surface area contributed by atoms with Crippen molar-refractivity contribution in [3.8, 4) is 18.1 Å². The fourth-order valence-corrected chi connectivity index (χ4v) is 3.71. The van der Waals surface area contributed by atoms with Gasteiger partial charge in [-0.2, -0.15) is 0 Å². The van der Waals surface area contributed by atoms with Gasteiger partial charge in [-0.25, -0.2) is 9.97 Å². The molecule has 0 atom stereocenters. The van der Waals surface area contributed by atoms with Crippen LogP contribution >= 0.6 is 0 Å². The molecule has 8 heteroatoms. The minimum atomic E-state index is -0.194. The normalized spacial score (nSPS) is 13.2. The fourth-order valence-electron chi connectivity index (χ4n) is 3.71. The van der Waals surface area contributed by atoms with Crippen molar-refractivity contribution in [1.29, 1.82) is 0 Å². The summed E-state index contributed by atoms with van der Waals surface area (Å²) in [6, 6.07) is 11.1. The number of terminal acetylenes is 1. The van der Waals surface area contributed by atoms with Gasteiger partial charge >= 0.3 is 0 Å². The van der Waals surface area contributed by atoms with Gasteiger partial charge in [0.05, 0.1) is 17.8 Å². The molecular weight excluding hydrogens is 430 g/mol. The number of amides is 1. The molecule has 3 N–H and O–H groups in total. The van der Waals surface area contributed by atoms with Crippen LogP contribution in [0.3, 0.4) is 0 Å². The maximum absolute atomic E-state index is 12.8. The summed E-state index contributed by atoms with van der Waals surface area (Å²) in [7, 11) is 1.61. The Balaban J connectivity index is 1.67. The van der Waals surface area contributed by atoms with Crippen LogP contribution in [0.1, 0.15) is 18.4 Å². The van der Waals surface area contributed by atoms with Gasteiger partial charge in [0.15, 0.2) is 0 Å². The molecule has 1 saturated heterocycles. The Kier molecular flexibility index (Phi) is 7.71.